The third-order valence-corrected chi connectivity index (χ3v) is 2.73. The van der Waals surface area contributed by atoms with Crippen molar-refractivity contribution in [1.82, 2.24) is 4.37 Å². The van der Waals surface area contributed by atoms with Crippen molar-refractivity contribution in [2.24, 2.45) is 0 Å². The molecule has 0 spiro atoms. The van der Waals surface area contributed by atoms with E-state index in [9.17, 15) is 0 Å². The van der Waals surface area contributed by atoms with Gasteiger partial charge in [-0.15, -0.1) is 0 Å². The fourth-order valence-corrected chi connectivity index (χ4v) is 1.56. The minimum absolute atomic E-state index is 0.185. The Hall–Kier alpha value is -0.0800. The van der Waals surface area contributed by atoms with Crippen molar-refractivity contribution in [2.75, 3.05) is 0 Å². The van der Waals surface area contributed by atoms with Crippen molar-refractivity contribution in [2.45, 2.75) is 26.2 Å². The molecule has 0 radical (unpaired) electrons. The maximum atomic E-state index is 5.67. The molecule has 0 aliphatic carbocycles. The smallest absolute Gasteiger partial charge is 0.143 e. The molecule has 1 nitrogen and oxygen atoms in total. The summed E-state index contributed by atoms with van der Waals surface area (Å²) in [6.45, 7) is 6.45. The summed E-state index contributed by atoms with van der Waals surface area (Å²) >= 11 is 7.14. The van der Waals surface area contributed by atoms with Gasteiger partial charge < -0.3 is 0 Å². The highest BCUT2D eigenvalue weighted by Gasteiger charge is 2.16. The van der Waals surface area contributed by atoms with Crippen molar-refractivity contribution in [3.05, 3.63) is 16.1 Å². The van der Waals surface area contributed by atoms with E-state index in [1.165, 1.54) is 16.4 Å². The molecule has 0 aromatic carbocycles. The van der Waals surface area contributed by atoms with Crippen LogP contribution in [0.4, 0.5) is 0 Å². The predicted octanol–water partition coefficient (Wildman–Crippen LogP) is 3.09. The lowest BCUT2D eigenvalue weighted by Gasteiger charge is -2.13. The highest BCUT2D eigenvalue weighted by molar-refractivity contribution is 7.06. The van der Waals surface area contributed by atoms with Gasteiger partial charge in [0.15, 0.2) is 0 Å². The molecule has 1 aromatic heterocycles. The Labute approximate surface area is 70.2 Å². The Morgan fingerprint density at radius 2 is 2.10 bits per heavy atom. The topological polar surface area (TPSA) is 12.9 Å². The molecule has 1 aromatic rings. The van der Waals surface area contributed by atoms with E-state index < -0.39 is 0 Å². The van der Waals surface area contributed by atoms with Crippen LogP contribution in [0.1, 0.15) is 25.6 Å². The molecule has 1 rings (SSSR count). The molecule has 0 N–H and O–H groups in total. The van der Waals surface area contributed by atoms with Gasteiger partial charge in [0, 0.05) is 4.88 Å². The molecule has 56 valence electrons. The summed E-state index contributed by atoms with van der Waals surface area (Å²) in [5, 5.41) is 0.606. The van der Waals surface area contributed by atoms with Crippen molar-refractivity contribution in [1.29, 1.82) is 0 Å². The Balaban J connectivity index is 2.96. The van der Waals surface area contributed by atoms with Gasteiger partial charge in [0.05, 0.1) is 0 Å². The Morgan fingerprint density at radius 3 is 2.30 bits per heavy atom. The minimum Gasteiger partial charge on any atom is -0.181 e. The first kappa shape index (κ1) is 8.02. The van der Waals surface area contributed by atoms with Crippen LogP contribution in [0.5, 0.6) is 0 Å². The average molecular weight is 176 g/mol. The van der Waals surface area contributed by atoms with Crippen LogP contribution in [-0.2, 0) is 5.41 Å². The number of aromatic nitrogens is 1. The highest BCUT2D eigenvalue weighted by atomic mass is 35.5. The second-order valence-corrected chi connectivity index (χ2v) is 4.46. The first-order valence-electron chi connectivity index (χ1n) is 3.13. The molecule has 1 heterocycles. The summed E-state index contributed by atoms with van der Waals surface area (Å²) < 4.78 is 3.99. The number of halogens is 1. The van der Waals surface area contributed by atoms with Gasteiger partial charge in [-0.25, -0.2) is 0 Å². The van der Waals surface area contributed by atoms with Gasteiger partial charge in [-0.05, 0) is 23.0 Å². The predicted molar refractivity (Wildman–Crippen MR) is 45.8 cm³/mol. The first-order chi connectivity index (χ1) is 4.50. The van der Waals surface area contributed by atoms with Gasteiger partial charge >= 0.3 is 0 Å². The lowest BCUT2D eigenvalue weighted by atomic mass is 9.95. The summed E-state index contributed by atoms with van der Waals surface area (Å²) in [4.78, 5) is 1.23. The van der Waals surface area contributed by atoms with Crippen LogP contribution >= 0.6 is 23.1 Å². The van der Waals surface area contributed by atoms with Crippen molar-refractivity contribution in [3.8, 4) is 0 Å². The zero-order chi connectivity index (χ0) is 7.78. The van der Waals surface area contributed by atoms with Crippen LogP contribution in [0.15, 0.2) is 6.07 Å². The summed E-state index contributed by atoms with van der Waals surface area (Å²) in [7, 11) is 0. The normalized spacial score (nSPS) is 12.0. The van der Waals surface area contributed by atoms with E-state index in [1.54, 1.807) is 0 Å². The van der Waals surface area contributed by atoms with Crippen LogP contribution < -0.4 is 0 Å². The second-order valence-electron chi connectivity index (χ2n) is 3.26. The third-order valence-electron chi connectivity index (χ3n) is 1.22. The molecule has 0 bridgehead atoms. The fourth-order valence-electron chi connectivity index (χ4n) is 0.607. The standard InChI is InChI=1S/C7H10ClNS/c1-7(2,3)5-4-6(8)9-10-5/h4H,1-3H3. The van der Waals surface area contributed by atoms with E-state index in [-0.39, 0.29) is 5.41 Å². The molecule has 0 unspecified atom stereocenters. The number of hydrogen-bond acceptors (Lipinski definition) is 2. The van der Waals surface area contributed by atoms with E-state index in [0.29, 0.717) is 5.15 Å². The summed E-state index contributed by atoms with van der Waals surface area (Å²) in [6.07, 6.45) is 0. The van der Waals surface area contributed by atoms with E-state index in [0.717, 1.165) is 0 Å². The maximum Gasteiger partial charge on any atom is 0.143 e. The van der Waals surface area contributed by atoms with E-state index in [1.807, 2.05) is 6.07 Å². The maximum absolute atomic E-state index is 5.67. The molecule has 0 saturated heterocycles. The third kappa shape index (κ3) is 1.70. The van der Waals surface area contributed by atoms with Crippen molar-refractivity contribution >= 4 is 23.1 Å². The lowest BCUT2D eigenvalue weighted by molar-refractivity contribution is 0.604. The van der Waals surface area contributed by atoms with Crippen LogP contribution in [0.2, 0.25) is 5.15 Å². The number of nitrogens with zero attached hydrogens (tertiary/aromatic N) is 1. The van der Waals surface area contributed by atoms with Gasteiger partial charge in [0.2, 0.25) is 0 Å². The molecular weight excluding hydrogens is 166 g/mol. The number of hydrogen-bond donors (Lipinski definition) is 0. The SMILES string of the molecule is CC(C)(C)c1cc(Cl)ns1. The van der Waals surface area contributed by atoms with Crippen LogP contribution in [0, 0.1) is 0 Å². The molecule has 0 atom stereocenters. The molecule has 0 aliphatic rings. The first-order valence-corrected chi connectivity index (χ1v) is 4.28. The van der Waals surface area contributed by atoms with Gasteiger partial charge in [-0.2, -0.15) is 4.37 Å². The van der Waals surface area contributed by atoms with E-state index >= 15 is 0 Å². The van der Waals surface area contributed by atoms with Gasteiger partial charge in [0.25, 0.3) is 0 Å². The average Bonchev–Trinajstić information content (AvgIpc) is 2.11. The second kappa shape index (κ2) is 2.51. The van der Waals surface area contributed by atoms with Gasteiger partial charge in [0.1, 0.15) is 5.15 Å². The van der Waals surface area contributed by atoms with Crippen molar-refractivity contribution in [3.63, 3.8) is 0 Å². The monoisotopic (exact) mass is 175 g/mol. The Kier molecular flexibility index (Phi) is 2.02. The summed E-state index contributed by atoms with van der Waals surface area (Å²) in [6, 6.07) is 1.92. The zero-order valence-corrected chi connectivity index (χ0v) is 7.88. The largest absolute Gasteiger partial charge is 0.181 e. The number of rotatable bonds is 0. The van der Waals surface area contributed by atoms with Gasteiger partial charge in [-0.1, -0.05) is 32.4 Å². The van der Waals surface area contributed by atoms with E-state index in [2.05, 4.69) is 25.1 Å². The zero-order valence-electron chi connectivity index (χ0n) is 6.31. The van der Waals surface area contributed by atoms with Crippen LogP contribution in [-0.4, -0.2) is 4.37 Å². The quantitative estimate of drug-likeness (QED) is 0.591. The molecule has 3 heteroatoms. The molecule has 0 amide bonds. The van der Waals surface area contributed by atoms with Crippen LogP contribution in [0.25, 0.3) is 0 Å². The highest BCUT2D eigenvalue weighted by Crippen LogP contribution is 2.27. The lowest BCUT2D eigenvalue weighted by Crippen LogP contribution is -2.07. The molecule has 0 saturated carbocycles. The Morgan fingerprint density at radius 1 is 1.50 bits per heavy atom. The molecular formula is C7H10ClNS. The molecule has 0 aliphatic heterocycles. The Bertz CT molecular complexity index is 224. The van der Waals surface area contributed by atoms with Crippen molar-refractivity contribution < 1.29 is 0 Å². The summed E-state index contributed by atoms with van der Waals surface area (Å²) in [5.74, 6) is 0. The van der Waals surface area contributed by atoms with Crippen LogP contribution in [0.3, 0.4) is 0 Å². The molecule has 0 fully saturated rings. The van der Waals surface area contributed by atoms with Gasteiger partial charge in [-0.3, -0.25) is 0 Å². The fraction of sp³-hybridized carbons (Fsp3) is 0.571. The molecule has 10 heavy (non-hydrogen) atoms. The summed E-state index contributed by atoms with van der Waals surface area (Å²) in [5.41, 5.74) is 0.185. The minimum atomic E-state index is 0.185. The van der Waals surface area contributed by atoms with E-state index in [4.69, 9.17) is 11.6 Å².